The molecule has 0 radical (unpaired) electrons. The maximum atomic E-state index is 13.2. The van der Waals surface area contributed by atoms with Crippen LogP contribution in [-0.2, 0) is 16.1 Å². The first kappa shape index (κ1) is 20.6. The molecule has 0 bridgehead atoms. The van der Waals surface area contributed by atoms with E-state index in [9.17, 15) is 14.7 Å². The van der Waals surface area contributed by atoms with Crippen LogP contribution in [0.4, 0.5) is 0 Å². The Bertz CT molecular complexity index is 1410. The molecule has 1 N–H and O–H groups in total. The molecule has 1 unspecified atom stereocenters. The van der Waals surface area contributed by atoms with Crippen LogP contribution in [0.5, 0.6) is 0 Å². The number of aliphatic hydroxyl groups excluding tert-OH is 1. The smallest absolute Gasteiger partial charge is 0.296 e. The van der Waals surface area contributed by atoms with Gasteiger partial charge in [0.05, 0.1) is 23.9 Å². The number of aliphatic hydroxyl groups is 1. The summed E-state index contributed by atoms with van der Waals surface area (Å²) >= 11 is 0. The third-order valence-corrected chi connectivity index (χ3v) is 5.98. The molecule has 0 aliphatic carbocycles. The fourth-order valence-electron chi connectivity index (χ4n) is 4.39. The van der Waals surface area contributed by atoms with Crippen LogP contribution in [0.15, 0.2) is 96.7 Å². The van der Waals surface area contributed by atoms with Crippen LogP contribution < -0.4 is 0 Å². The molecule has 1 saturated heterocycles. The second-order valence-electron chi connectivity index (χ2n) is 8.22. The lowest BCUT2D eigenvalue weighted by Gasteiger charge is -2.25. The molecule has 1 aliphatic rings. The number of fused-ring (bicyclic) bond motifs is 1. The monoisotopic (exact) mass is 434 g/mol. The van der Waals surface area contributed by atoms with Gasteiger partial charge in [0.1, 0.15) is 5.76 Å². The zero-order valence-corrected chi connectivity index (χ0v) is 18.1. The summed E-state index contributed by atoms with van der Waals surface area (Å²) < 4.78 is 0. The average Bonchev–Trinajstić information content (AvgIpc) is 3.09. The van der Waals surface area contributed by atoms with Gasteiger partial charge >= 0.3 is 0 Å². The van der Waals surface area contributed by atoms with Crippen molar-refractivity contribution in [2.75, 3.05) is 0 Å². The van der Waals surface area contributed by atoms with E-state index >= 15 is 0 Å². The predicted molar refractivity (Wildman–Crippen MR) is 127 cm³/mol. The number of Topliss-reactive ketones (excluding diaryl/α,β-unsaturated/α-hetero) is 1. The summed E-state index contributed by atoms with van der Waals surface area (Å²) in [5, 5.41) is 13.3. The number of hydrogen-bond acceptors (Lipinski definition) is 4. The van der Waals surface area contributed by atoms with E-state index in [2.05, 4.69) is 4.98 Å². The van der Waals surface area contributed by atoms with E-state index in [1.807, 2.05) is 79.7 Å². The lowest BCUT2D eigenvalue weighted by Crippen LogP contribution is -2.29. The molecule has 0 spiro atoms. The quantitative estimate of drug-likeness (QED) is 0.273. The Kier molecular flexibility index (Phi) is 5.23. The molecule has 4 aromatic rings. The second-order valence-corrected chi connectivity index (χ2v) is 8.22. The normalized spacial score (nSPS) is 17.6. The van der Waals surface area contributed by atoms with Crippen LogP contribution >= 0.6 is 0 Å². The van der Waals surface area contributed by atoms with Crippen molar-refractivity contribution in [3.05, 3.63) is 119 Å². The SMILES string of the molecule is Cc1cccc(C2/C(=C(/O)c3ccc4ccccc4c3)C(=O)C(=O)N2Cc2ccccn2)c1. The first-order valence-corrected chi connectivity index (χ1v) is 10.8. The highest BCUT2D eigenvalue weighted by Gasteiger charge is 2.46. The zero-order chi connectivity index (χ0) is 22.9. The molecule has 3 aromatic carbocycles. The van der Waals surface area contributed by atoms with E-state index in [1.54, 1.807) is 18.3 Å². The lowest BCUT2D eigenvalue weighted by atomic mass is 9.93. The van der Waals surface area contributed by atoms with E-state index in [0.717, 1.165) is 21.9 Å². The lowest BCUT2D eigenvalue weighted by molar-refractivity contribution is -0.140. The fraction of sp³-hybridized carbons (Fsp3) is 0.107. The number of carbonyl (C=O) groups is 2. The molecular weight excluding hydrogens is 412 g/mol. The maximum absolute atomic E-state index is 13.2. The van der Waals surface area contributed by atoms with Crippen molar-refractivity contribution < 1.29 is 14.7 Å². The first-order chi connectivity index (χ1) is 16.0. The minimum absolute atomic E-state index is 0.0943. The Balaban J connectivity index is 1.67. The Morgan fingerprint density at radius 2 is 1.70 bits per heavy atom. The topological polar surface area (TPSA) is 70.5 Å². The Hall–Kier alpha value is -4.25. The maximum Gasteiger partial charge on any atom is 0.296 e. The van der Waals surface area contributed by atoms with Crippen LogP contribution in [0, 0.1) is 6.92 Å². The Morgan fingerprint density at radius 1 is 0.909 bits per heavy atom. The van der Waals surface area contributed by atoms with Gasteiger partial charge in [-0.2, -0.15) is 0 Å². The first-order valence-electron chi connectivity index (χ1n) is 10.8. The van der Waals surface area contributed by atoms with Crippen LogP contribution in [0.2, 0.25) is 0 Å². The molecule has 5 heteroatoms. The number of pyridine rings is 1. The molecule has 1 fully saturated rings. The third-order valence-electron chi connectivity index (χ3n) is 5.98. The van der Waals surface area contributed by atoms with Gasteiger partial charge in [0, 0.05) is 11.8 Å². The van der Waals surface area contributed by atoms with Crippen molar-refractivity contribution in [3.63, 3.8) is 0 Å². The van der Waals surface area contributed by atoms with Crippen molar-refractivity contribution >= 4 is 28.2 Å². The van der Waals surface area contributed by atoms with Gasteiger partial charge in [-0.05, 0) is 41.5 Å². The van der Waals surface area contributed by atoms with E-state index in [0.29, 0.717) is 11.3 Å². The molecule has 0 saturated carbocycles. The van der Waals surface area contributed by atoms with Gasteiger partial charge in [-0.25, -0.2) is 0 Å². The van der Waals surface area contributed by atoms with Crippen molar-refractivity contribution in [3.8, 4) is 0 Å². The standard InChI is InChI=1S/C28H22N2O3/c1-18-7-6-10-21(15-18)25-24(26(31)22-13-12-19-8-2-3-9-20(19)16-22)27(32)28(33)30(25)17-23-11-4-5-14-29-23/h2-16,25,31H,17H2,1H3/b26-24-. The molecule has 1 atom stereocenters. The number of carbonyl (C=O) groups excluding carboxylic acids is 2. The molecule has 5 nitrogen and oxygen atoms in total. The summed E-state index contributed by atoms with van der Waals surface area (Å²) in [6, 6.07) is 25.7. The van der Waals surface area contributed by atoms with Crippen LogP contribution in [0.3, 0.4) is 0 Å². The average molecular weight is 434 g/mol. The number of hydrogen-bond donors (Lipinski definition) is 1. The highest BCUT2D eigenvalue weighted by molar-refractivity contribution is 6.46. The molecule has 2 heterocycles. The molecular formula is C28H22N2O3. The summed E-state index contributed by atoms with van der Waals surface area (Å²) in [6.45, 7) is 2.12. The van der Waals surface area contributed by atoms with Gasteiger partial charge in [0.25, 0.3) is 11.7 Å². The Morgan fingerprint density at radius 3 is 2.45 bits per heavy atom. The number of ketones is 1. The molecule has 1 amide bonds. The molecule has 5 rings (SSSR count). The number of likely N-dealkylation sites (tertiary alicyclic amines) is 1. The fourth-order valence-corrected chi connectivity index (χ4v) is 4.39. The van der Waals surface area contributed by atoms with Crippen molar-refractivity contribution in [2.45, 2.75) is 19.5 Å². The Labute approximate surface area is 191 Å². The molecule has 1 aromatic heterocycles. The number of nitrogens with zero attached hydrogens (tertiary/aromatic N) is 2. The summed E-state index contributed by atoms with van der Waals surface area (Å²) in [4.78, 5) is 32.2. The van der Waals surface area contributed by atoms with Gasteiger partial charge in [-0.15, -0.1) is 0 Å². The van der Waals surface area contributed by atoms with Crippen LogP contribution in [0.25, 0.3) is 16.5 Å². The van der Waals surface area contributed by atoms with Gasteiger partial charge in [-0.3, -0.25) is 14.6 Å². The molecule has 1 aliphatic heterocycles. The highest BCUT2D eigenvalue weighted by Crippen LogP contribution is 2.40. The van der Waals surface area contributed by atoms with Gasteiger partial charge in [-0.1, -0.05) is 72.3 Å². The van der Waals surface area contributed by atoms with E-state index < -0.39 is 17.7 Å². The van der Waals surface area contributed by atoms with Crippen LogP contribution in [-0.4, -0.2) is 26.7 Å². The van der Waals surface area contributed by atoms with Gasteiger partial charge in [0.2, 0.25) is 0 Å². The third kappa shape index (κ3) is 3.78. The number of aryl methyl sites for hydroxylation is 1. The van der Waals surface area contributed by atoms with E-state index in [1.165, 1.54) is 4.90 Å². The number of benzene rings is 3. The largest absolute Gasteiger partial charge is 0.507 e. The van der Waals surface area contributed by atoms with Crippen LogP contribution in [0.1, 0.15) is 28.4 Å². The number of amides is 1. The number of aromatic nitrogens is 1. The zero-order valence-electron chi connectivity index (χ0n) is 18.1. The van der Waals surface area contributed by atoms with Crippen molar-refractivity contribution in [2.24, 2.45) is 0 Å². The van der Waals surface area contributed by atoms with Gasteiger partial charge in [0.15, 0.2) is 0 Å². The summed E-state index contributed by atoms with van der Waals surface area (Å²) in [6.07, 6.45) is 1.66. The summed E-state index contributed by atoms with van der Waals surface area (Å²) in [7, 11) is 0. The summed E-state index contributed by atoms with van der Waals surface area (Å²) in [5.41, 5.74) is 3.04. The molecule has 162 valence electrons. The minimum Gasteiger partial charge on any atom is -0.507 e. The van der Waals surface area contributed by atoms with Crippen molar-refractivity contribution in [1.29, 1.82) is 0 Å². The van der Waals surface area contributed by atoms with E-state index in [-0.39, 0.29) is 17.9 Å². The summed E-state index contributed by atoms with van der Waals surface area (Å²) in [5.74, 6) is -1.51. The second kappa shape index (κ2) is 8.36. The predicted octanol–water partition coefficient (Wildman–Crippen LogP) is 5.17. The van der Waals surface area contributed by atoms with Gasteiger partial charge < -0.3 is 10.0 Å². The highest BCUT2D eigenvalue weighted by atomic mass is 16.3. The molecule has 33 heavy (non-hydrogen) atoms. The van der Waals surface area contributed by atoms with Crippen molar-refractivity contribution in [1.82, 2.24) is 9.88 Å². The minimum atomic E-state index is -0.710. The van der Waals surface area contributed by atoms with E-state index in [4.69, 9.17) is 0 Å². The number of rotatable bonds is 4.